The van der Waals surface area contributed by atoms with Crippen molar-refractivity contribution in [3.05, 3.63) is 35.4 Å². The van der Waals surface area contributed by atoms with Gasteiger partial charge in [-0.25, -0.2) is 9.79 Å². The van der Waals surface area contributed by atoms with Gasteiger partial charge in [0.25, 0.3) is 0 Å². The molecule has 0 spiro atoms. The SMILES string of the molecule is O=C=NCc1cccc(C=O)c1. The maximum absolute atomic E-state index is 10.3. The summed E-state index contributed by atoms with van der Waals surface area (Å²) in [5.41, 5.74) is 1.43. The zero-order valence-electron chi connectivity index (χ0n) is 6.36. The average Bonchev–Trinajstić information content (AvgIpc) is 2.15. The van der Waals surface area contributed by atoms with E-state index >= 15 is 0 Å². The predicted molar refractivity (Wildman–Crippen MR) is 43.7 cm³/mol. The number of isocyanates is 1. The first-order valence-electron chi connectivity index (χ1n) is 3.44. The summed E-state index contributed by atoms with van der Waals surface area (Å²) in [7, 11) is 0. The minimum Gasteiger partial charge on any atom is -0.298 e. The maximum atomic E-state index is 10.3. The van der Waals surface area contributed by atoms with Gasteiger partial charge < -0.3 is 0 Å². The Labute approximate surface area is 69.7 Å². The van der Waals surface area contributed by atoms with Crippen molar-refractivity contribution in [3.63, 3.8) is 0 Å². The highest BCUT2D eigenvalue weighted by atomic mass is 16.1. The Morgan fingerprint density at radius 1 is 1.50 bits per heavy atom. The van der Waals surface area contributed by atoms with Crippen LogP contribution in [-0.4, -0.2) is 12.4 Å². The summed E-state index contributed by atoms with van der Waals surface area (Å²) in [6.45, 7) is 0.283. The Balaban J connectivity index is 2.85. The highest BCUT2D eigenvalue weighted by molar-refractivity contribution is 5.74. The van der Waals surface area contributed by atoms with Crippen LogP contribution in [0.4, 0.5) is 0 Å². The lowest BCUT2D eigenvalue weighted by atomic mass is 10.1. The van der Waals surface area contributed by atoms with Gasteiger partial charge in [0.2, 0.25) is 6.08 Å². The lowest BCUT2D eigenvalue weighted by Crippen LogP contribution is -1.84. The van der Waals surface area contributed by atoms with E-state index in [4.69, 9.17) is 0 Å². The first kappa shape index (κ1) is 8.37. The second-order valence-electron chi connectivity index (χ2n) is 2.27. The molecule has 0 aliphatic carbocycles. The fraction of sp³-hybridized carbons (Fsp3) is 0.111. The van der Waals surface area contributed by atoms with Gasteiger partial charge in [-0.15, -0.1) is 0 Å². The number of hydrogen-bond donors (Lipinski definition) is 0. The third-order valence-electron chi connectivity index (χ3n) is 1.41. The molecule has 0 saturated heterocycles. The van der Waals surface area contributed by atoms with Crippen molar-refractivity contribution in [2.24, 2.45) is 4.99 Å². The van der Waals surface area contributed by atoms with E-state index in [2.05, 4.69) is 4.99 Å². The third kappa shape index (κ3) is 2.15. The summed E-state index contributed by atoms with van der Waals surface area (Å²) < 4.78 is 0. The van der Waals surface area contributed by atoms with E-state index in [1.54, 1.807) is 24.3 Å². The van der Waals surface area contributed by atoms with Crippen LogP contribution < -0.4 is 0 Å². The molecule has 12 heavy (non-hydrogen) atoms. The number of benzene rings is 1. The molecule has 60 valence electrons. The molecule has 3 heteroatoms. The van der Waals surface area contributed by atoms with Gasteiger partial charge in [0.15, 0.2) is 0 Å². The van der Waals surface area contributed by atoms with E-state index in [1.807, 2.05) is 0 Å². The van der Waals surface area contributed by atoms with Gasteiger partial charge in [-0.1, -0.05) is 18.2 Å². The Morgan fingerprint density at radius 2 is 2.33 bits per heavy atom. The summed E-state index contributed by atoms with van der Waals surface area (Å²) in [5.74, 6) is 0. The maximum Gasteiger partial charge on any atom is 0.235 e. The molecule has 0 saturated carbocycles. The molecule has 0 radical (unpaired) electrons. The van der Waals surface area contributed by atoms with Crippen molar-refractivity contribution in [2.75, 3.05) is 0 Å². The van der Waals surface area contributed by atoms with Crippen molar-refractivity contribution in [1.29, 1.82) is 0 Å². The Kier molecular flexibility index (Phi) is 2.94. The normalized spacial score (nSPS) is 8.67. The topological polar surface area (TPSA) is 46.5 Å². The molecule has 0 bridgehead atoms. The van der Waals surface area contributed by atoms with Crippen molar-refractivity contribution in [2.45, 2.75) is 6.54 Å². The van der Waals surface area contributed by atoms with Gasteiger partial charge in [0.05, 0.1) is 6.54 Å². The van der Waals surface area contributed by atoms with Crippen LogP contribution in [0.3, 0.4) is 0 Å². The number of hydrogen-bond acceptors (Lipinski definition) is 3. The van der Waals surface area contributed by atoms with Crippen molar-refractivity contribution in [1.82, 2.24) is 0 Å². The van der Waals surface area contributed by atoms with Crippen LogP contribution >= 0.6 is 0 Å². The van der Waals surface area contributed by atoms with Crippen molar-refractivity contribution < 1.29 is 9.59 Å². The lowest BCUT2D eigenvalue weighted by molar-refractivity contribution is 0.112. The third-order valence-corrected chi connectivity index (χ3v) is 1.41. The van der Waals surface area contributed by atoms with Gasteiger partial charge in [0.1, 0.15) is 6.29 Å². The molecule has 0 fully saturated rings. The Morgan fingerprint density at radius 3 is 3.00 bits per heavy atom. The minimum absolute atomic E-state index is 0.283. The second-order valence-corrected chi connectivity index (χ2v) is 2.27. The van der Waals surface area contributed by atoms with E-state index in [0.717, 1.165) is 11.8 Å². The first-order chi connectivity index (χ1) is 5.86. The van der Waals surface area contributed by atoms with Crippen LogP contribution in [0.1, 0.15) is 15.9 Å². The average molecular weight is 161 g/mol. The zero-order chi connectivity index (χ0) is 8.81. The zero-order valence-corrected chi connectivity index (χ0v) is 6.36. The minimum atomic E-state index is 0.283. The monoisotopic (exact) mass is 161 g/mol. The van der Waals surface area contributed by atoms with Crippen LogP contribution in [0.25, 0.3) is 0 Å². The molecule has 0 atom stereocenters. The smallest absolute Gasteiger partial charge is 0.235 e. The molecule has 0 unspecified atom stereocenters. The van der Waals surface area contributed by atoms with Gasteiger partial charge in [0, 0.05) is 5.56 Å². The van der Waals surface area contributed by atoms with E-state index in [-0.39, 0.29) is 6.54 Å². The first-order valence-corrected chi connectivity index (χ1v) is 3.44. The molecular formula is C9H7NO2. The number of nitrogens with zero attached hydrogens (tertiary/aromatic N) is 1. The number of carbonyl (C=O) groups excluding carboxylic acids is 2. The van der Waals surface area contributed by atoms with E-state index in [1.165, 1.54) is 6.08 Å². The second kappa shape index (κ2) is 4.21. The van der Waals surface area contributed by atoms with Crippen LogP contribution in [-0.2, 0) is 11.3 Å². The number of aldehydes is 1. The molecule has 0 aliphatic rings. The van der Waals surface area contributed by atoms with E-state index in [0.29, 0.717) is 5.56 Å². The van der Waals surface area contributed by atoms with Crippen LogP contribution in [0.2, 0.25) is 0 Å². The van der Waals surface area contributed by atoms with E-state index < -0.39 is 0 Å². The van der Waals surface area contributed by atoms with Crippen LogP contribution in [0.5, 0.6) is 0 Å². The van der Waals surface area contributed by atoms with Crippen molar-refractivity contribution >= 4 is 12.4 Å². The molecule has 0 aromatic heterocycles. The lowest BCUT2D eigenvalue weighted by Gasteiger charge is -1.94. The molecule has 1 aromatic rings. The van der Waals surface area contributed by atoms with Crippen LogP contribution in [0, 0.1) is 0 Å². The Hall–Kier alpha value is -1.73. The molecule has 1 aromatic carbocycles. The van der Waals surface area contributed by atoms with Crippen LogP contribution in [0.15, 0.2) is 29.3 Å². The highest BCUT2D eigenvalue weighted by Crippen LogP contribution is 2.03. The molecule has 0 N–H and O–H groups in total. The summed E-state index contributed by atoms with van der Waals surface area (Å²) in [6.07, 6.45) is 2.20. The van der Waals surface area contributed by atoms with Gasteiger partial charge >= 0.3 is 0 Å². The summed E-state index contributed by atoms with van der Waals surface area (Å²) in [6, 6.07) is 6.93. The fourth-order valence-corrected chi connectivity index (χ4v) is 0.888. The standard InChI is InChI=1S/C9H7NO2/c11-6-9-3-1-2-8(4-9)5-10-7-12/h1-4,6H,5H2. The molecule has 0 heterocycles. The summed E-state index contributed by atoms with van der Waals surface area (Å²) in [5, 5.41) is 0. The largest absolute Gasteiger partial charge is 0.298 e. The number of carbonyl (C=O) groups is 1. The summed E-state index contributed by atoms with van der Waals surface area (Å²) >= 11 is 0. The van der Waals surface area contributed by atoms with Gasteiger partial charge in [-0.05, 0) is 11.6 Å². The Bertz CT molecular complexity index is 327. The molecular weight excluding hydrogens is 154 g/mol. The molecule has 1 rings (SSSR count). The van der Waals surface area contributed by atoms with Gasteiger partial charge in [-0.3, -0.25) is 4.79 Å². The quantitative estimate of drug-likeness (QED) is 0.381. The van der Waals surface area contributed by atoms with Crippen molar-refractivity contribution in [3.8, 4) is 0 Å². The number of aliphatic imine (C=N–C) groups is 1. The number of rotatable bonds is 3. The predicted octanol–water partition coefficient (Wildman–Crippen LogP) is 1.33. The summed E-state index contributed by atoms with van der Waals surface area (Å²) in [4.78, 5) is 23.5. The molecule has 0 aliphatic heterocycles. The fourth-order valence-electron chi connectivity index (χ4n) is 0.888. The van der Waals surface area contributed by atoms with E-state index in [9.17, 15) is 9.59 Å². The van der Waals surface area contributed by atoms with Gasteiger partial charge in [-0.2, -0.15) is 0 Å². The molecule has 3 nitrogen and oxygen atoms in total. The molecule has 0 amide bonds. The highest BCUT2D eigenvalue weighted by Gasteiger charge is 1.92.